The number of hydrogen-bond donors (Lipinski definition) is 1. The zero-order chi connectivity index (χ0) is 23.8. The van der Waals surface area contributed by atoms with Gasteiger partial charge in [-0.1, -0.05) is 72.4 Å². The first-order valence-corrected chi connectivity index (χ1v) is 12.9. The molecule has 3 nitrogen and oxygen atoms in total. The highest BCUT2D eigenvalue weighted by atomic mass is 32.2. The van der Waals surface area contributed by atoms with E-state index in [1.807, 2.05) is 78.9 Å². The summed E-state index contributed by atoms with van der Waals surface area (Å²) in [5.41, 5.74) is 3.52. The van der Waals surface area contributed by atoms with Gasteiger partial charge < -0.3 is 5.11 Å². The van der Waals surface area contributed by atoms with E-state index >= 15 is 0 Å². The van der Waals surface area contributed by atoms with Crippen LogP contribution >= 0.6 is 23.1 Å². The fourth-order valence-electron chi connectivity index (χ4n) is 4.18. The molecule has 0 amide bonds. The SMILES string of the molecule is Oc1ccc2ccccc2c1C=Nc1ccc2nc(SCc3ccc(F)c4ccccc34)sc2c1. The molecule has 0 bridgehead atoms. The molecule has 0 saturated heterocycles. The third-order valence-electron chi connectivity index (χ3n) is 5.96. The zero-order valence-corrected chi connectivity index (χ0v) is 20.1. The first-order chi connectivity index (χ1) is 17.2. The van der Waals surface area contributed by atoms with E-state index in [9.17, 15) is 9.50 Å². The monoisotopic (exact) mass is 494 g/mol. The number of rotatable bonds is 5. The lowest BCUT2D eigenvalue weighted by molar-refractivity contribution is 0.475. The number of benzene rings is 5. The van der Waals surface area contributed by atoms with Crippen LogP contribution in [-0.2, 0) is 5.75 Å². The minimum Gasteiger partial charge on any atom is -0.507 e. The van der Waals surface area contributed by atoms with Gasteiger partial charge in [0.05, 0.1) is 15.9 Å². The molecule has 0 spiro atoms. The van der Waals surface area contributed by atoms with E-state index in [1.165, 1.54) is 6.07 Å². The number of phenolic OH excluding ortho intramolecular Hbond substituents is 1. The Morgan fingerprint density at radius 1 is 0.886 bits per heavy atom. The molecule has 1 heterocycles. The Kier molecular flexibility index (Phi) is 5.68. The van der Waals surface area contributed by atoms with Crippen LogP contribution in [0.4, 0.5) is 10.1 Å². The summed E-state index contributed by atoms with van der Waals surface area (Å²) in [6, 6.07) is 28.4. The van der Waals surface area contributed by atoms with Crippen molar-refractivity contribution in [3.05, 3.63) is 108 Å². The van der Waals surface area contributed by atoms with Crippen LogP contribution in [0.2, 0.25) is 0 Å². The molecule has 0 saturated carbocycles. The topological polar surface area (TPSA) is 45.5 Å². The van der Waals surface area contributed by atoms with Crippen LogP contribution in [0.1, 0.15) is 11.1 Å². The number of phenols is 1. The molecule has 0 fully saturated rings. The third kappa shape index (κ3) is 4.27. The van der Waals surface area contributed by atoms with Crippen LogP contribution in [0.5, 0.6) is 5.75 Å². The third-order valence-corrected chi connectivity index (χ3v) is 8.17. The second-order valence-electron chi connectivity index (χ2n) is 8.15. The van der Waals surface area contributed by atoms with Crippen molar-refractivity contribution < 1.29 is 9.50 Å². The summed E-state index contributed by atoms with van der Waals surface area (Å²) in [6.07, 6.45) is 1.72. The number of thiazole rings is 1. The molecule has 0 radical (unpaired) electrons. The normalized spacial score (nSPS) is 11.8. The van der Waals surface area contributed by atoms with Crippen molar-refractivity contribution in [1.82, 2.24) is 4.98 Å². The maximum atomic E-state index is 14.1. The van der Waals surface area contributed by atoms with Gasteiger partial charge in [-0.3, -0.25) is 4.99 Å². The molecule has 0 unspecified atom stereocenters. The predicted octanol–water partition coefficient (Wildman–Crippen LogP) is 8.49. The molecule has 1 N–H and O–H groups in total. The highest BCUT2D eigenvalue weighted by molar-refractivity contribution is 8.00. The van der Waals surface area contributed by atoms with Crippen LogP contribution in [0.3, 0.4) is 0 Å². The lowest BCUT2D eigenvalue weighted by Gasteiger charge is -2.06. The van der Waals surface area contributed by atoms with Crippen LogP contribution in [0.25, 0.3) is 31.8 Å². The summed E-state index contributed by atoms with van der Waals surface area (Å²) in [7, 11) is 0. The van der Waals surface area contributed by atoms with Crippen LogP contribution in [-0.4, -0.2) is 16.3 Å². The van der Waals surface area contributed by atoms with E-state index < -0.39 is 0 Å². The summed E-state index contributed by atoms with van der Waals surface area (Å²) < 4.78 is 16.1. The number of aromatic hydroxyl groups is 1. The second kappa shape index (κ2) is 9.13. The average Bonchev–Trinajstić information content (AvgIpc) is 3.30. The van der Waals surface area contributed by atoms with Crippen LogP contribution in [0.15, 0.2) is 100 Å². The van der Waals surface area contributed by atoms with Crippen molar-refractivity contribution in [2.24, 2.45) is 4.99 Å². The van der Waals surface area contributed by atoms with Gasteiger partial charge in [0.2, 0.25) is 0 Å². The molecule has 6 heteroatoms. The van der Waals surface area contributed by atoms with Gasteiger partial charge in [0.25, 0.3) is 0 Å². The van der Waals surface area contributed by atoms with Crippen molar-refractivity contribution in [2.75, 3.05) is 0 Å². The molecule has 6 rings (SSSR count). The summed E-state index contributed by atoms with van der Waals surface area (Å²) in [5.74, 6) is 0.726. The maximum absolute atomic E-state index is 14.1. The summed E-state index contributed by atoms with van der Waals surface area (Å²) in [4.78, 5) is 9.39. The molecule has 0 aliphatic carbocycles. The van der Waals surface area contributed by atoms with E-state index in [0.29, 0.717) is 16.7 Å². The maximum Gasteiger partial charge on any atom is 0.151 e. The van der Waals surface area contributed by atoms with E-state index in [-0.39, 0.29) is 11.6 Å². The second-order valence-corrected chi connectivity index (χ2v) is 10.4. The predicted molar refractivity (Wildman–Crippen MR) is 146 cm³/mol. The Hall–Kier alpha value is -3.74. The van der Waals surface area contributed by atoms with Gasteiger partial charge in [-0.15, -0.1) is 11.3 Å². The molecular weight excluding hydrogens is 475 g/mol. The summed E-state index contributed by atoms with van der Waals surface area (Å²) in [5, 5.41) is 14.0. The summed E-state index contributed by atoms with van der Waals surface area (Å²) >= 11 is 3.27. The lowest BCUT2D eigenvalue weighted by atomic mass is 10.0. The minimum absolute atomic E-state index is 0.195. The van der Waals surface area contributed by atoms with Crippen molar-refractivity contribution in [3.8, 4) is 5.75 Å². The lowest BCUT2D eigenvalue weighted by Crippen LogP contribution is -1.87. The van der Waals surface area contributed by atoms with E-state index in [2.05, 4.69) is 4.99 Å². The molecule has 0 atom stereocenters. The number of fused-ring (bicyclic) bond motifs is 3. The molecular formula is C29H19FN2OS2. The number of halogens is 1. The first-order valence-electron chi connectivity index (χ1n) is 11.1. The molecule has 35 heavy (non-hydrogen) atoms. The van der Waals surface area contributed by atoms with Gasteiger partial charge in [-0.05, 0) is 52.1 Å². The first kappa shape index (κ1) is 21.8. The zero-order valence-electron chi connectivity index (χ0n) is 18.5. The Bertz CT molecular complexity index is 1740. The Balaban J connectivity index is 1.25. The number of hydrogen-bond acceptors (Lipinski definition) is 5. The van der Waals surface area contributed by atoms with Gasteiger partial charge in [0, 0.05) is 22.9 Å². The minimum atomic E-state index is -0.195. The van der Waals surface area contributed by atoms with Gasteiger partial charge in [0.1, 0.15) is 11.6 Å². The van der Waals surface area contributed by atoms with Gasteiger partial charge in [-0.2, -0.15) is 0 Å². The van der Waals surface area contributed by atoms with Gasteiger partial charge in [0.15, 0.2) is 4.34 Å². The average molecular weight is 495 g/mol. The van der Waals surface area contributed by atoms with Crippen molar-refractivity contribution in [3.63, 3.8) is 0 Å². The molecule has 6 aromatic rings. The van der Waals surface area contributed by atoms with Crippen molar-refractivity contribution in [2.45, 2.75) is 10.1 Å². The highest BCUT2D eigenvalue weighted by Gasteiger charge is 2.10. The van der Waals surface area contributed by atoms with E-state index in [1.54, 1.807) is 35.4 Å². The van der Waals surface area contributed by atoms with Gasteiger partial charge in [-0.25, -0.2) is 9.37 Å². The number of nitrogens with zero attached hydrogens (tertiary/aromatic N) is 2. The van der Waals surface area contributed by atoms with Crippen molar-refractivity contribution >= 4 is 66.8 Å². The smallest absolute Gasteiger partial charge is 0.151 e. The fraction of sp³-hybridized carbons (Fsp3) is 0.0345. The molecule has 1 aromatic heterocycles. The van der Waals surface area contributed by atoms with Crippen LogP contribution in [0, 0.1) is 5.82 Å². The fourth-order valence-corrected chi connectivity index (χ4v) is 6.29. The molecule has 0 aliphatic heterocycles. The number of aliphatic imine (C=N–C) groups is 1. The van der Waals surface area contributed by atoms with Crippen LogP contribution < -0.4 is 0 Å². The Labute approximate surface area is 209 Å². The number of thioether (sulfide) groups is 1. The summed E-state index contributed by atoms with van der Waals surface area (Å²) in [6.45, 7) is 0. The van der Waals surface area contributed by atoms with Crippen molar-refractivity contribution in [1.29, 1.82) is 0 Å². The van der Waals surface area contributed by atoms with E-state index in [0.717, 1.165) is 42.0 Å². The molecule has 170 valence electrons. The largest absolute Gasteiger partial charge is 0.507 e. The highest BCUT2D eigenvalue weighted by Crippen LogP contribution is 2.35. The Morgan fingerprint density at radius 2 is 1.69 bits per heavy atom. The molecule has 5 aromatic carbocycles. The van der Waals surface area contributed by atoms with Gasteiger partial charge >= 0.3 is 0 Å². The van der Waals surface area contributed by atoms with E-state index in [4.69, 9.17) is 4.98 Å². The quantitative estimate of drug-likeness (QED) is 0.193. The number of aromatic nitrogens is 1. The standard InChI is InChI=1S/C29H19FN2OS2/c30-25-12-9-19(22-7-3-4-8-23(22)25)17-34-29-32-26-13-11-20(15-28(26)35-29)31-16-24-21-6-2-1-5-18(21)10-14-27(24)33/h1-16,33H,17H2. The molecule has 0 aliphatic rings. The Morgan fingerprint density at radius 3 is 2.57 bits per heavy atom.